The van der Waals surface area contributed by atoms with Crippen LogP contribution in [0.25, 0.3) is 0 Å². The van der Waals surface area contributed by atoms with Gasteiger partial charge in [-0.3, -0.25) is 4.99 Å². The Labute approximate surface area is 136 Å². The van der Waals surface area contributed by atoms with E-state index < -0.39 is 0 Å². The van der Waals surface area contributed by atoms with Crippen LogP contribution in [0.2, 0.25) is 0 Å². The lowest BCUT2D eigenvalue weighted by Gasteiger charge is -2.62. The van der Waals surface area contributed by atoms with Crippen LogP contribution in [-0.2, 0) is 9.47 Å². The summed E-state index contributed by atoms with van der Waals surface area (Å²) in [6.45, 7) is 16.3. The summed E-state index contributed by atoms with van der Waals surface area (Å²) in [4.78, 5) is 7.18. The molecule has 1 N–H and O–H groups in total. The van der Waals surface area contributed by atoms with E-state index in [0.717, 1.165) is 45.0 Å². The summed E-state index contributed by atoms with van der Waals surface area (Å²) in [5, 5.41) is 3.42. The third-order valence-corrected chi connectivity index (χ3v) is 4.87. The van der Waals surface area contributed by atoms with Gasteiger partial charge in [0.1, 0.15) is 0 Å². The molecule has 0 unspecified atom stereocenters. The largest absolute Gasteiger partial charge is 0.382 e. The molecule has 1 fully saturated rings. The quantitative estimate of drug-likeness (QED) is 0.404. The Bertz CT molecular complexity index is 354. The van der Waals surface area contributed by atoms with Crippen LogP contribution in [0.15, 0.2) is 4.99 Å². The molecule has 1 heterocycles. The van der Waals surface area contributed by atoms with Crippen LogP contribution >= 0.6 is 0 Å². The minimum Gasteiger partial charge on any atom is -0.382 e. The number of nitrogens with one attached hydrogen (secondary N) is 1. The Balaban J connectivity index is 2.35. The van der Waals surface area contributed by atoms with Crippen molar-refractivity contribution in [3.05, 3.63) is 0 Å². The van der Waals surface area contributed by atoms with Crippen molar-refractivity contribution in [2.45, 2.75) is 53.0 Å². The zero-order chi connectivity index (χ0) is 16.6. The molecule has 0 radical (unpaired) electrons. The van der Waals surface area contributed by atoms with Crippen LogP contribution in [0.1, 0.15) is 47.5 Å². The topological polar surface area (TPSA) is 46.1 Å². The van der Waals surface area contributed by atoms with Crippen molar-refractivity contribution >= 4 is 5.96 Å². The van der Waals surface area contributed by atoms with Crippen molar-refractivity contribution in [2.24, 2.45) is 10.4 Å². The molecule has 1 aliphatic rings. The highest BCUT2D eigenvalue weighted by Crippen LogP contribution is 2.46. The van der Waals surface area contributed by atoms with E-state index in [2.05, 4.69) is 44.8 Å². The summed E-state index contributed by atoms with van der Waals surface area (Å²) < 4.78 is 10.4. The van der Waals surface area contributed by atoms with Crippen LogP contribution in [0.5, 0.6) is 0 Å². The van der Waals surface area contributed by atoms with E-state index in [4.69, 9.17) is 14.5 Å². The molecule has 0 aromatic rings. The molecule has 0 aromatic heterocycles. The molecule has 0 amide bonds. The maximum atomic E-state index is 5.47. The fourth-order valence-corrected chi connectivity index (χ4v) is 2.54. The second-order valence-electron chi connectivity index (χ2n) is 7.08. The number of aliphatic imine (C=N–C) groups is 1. The van der Waals surface area contributed by atoms with Gasteiger partial charge in [0.15, 0.2) is 5.96 Å². The highest BCUT2D eigenvalue weighted by molar-refractivity contribution is 5.82. The molecular weight excluding hydrogens is 278 g/mol. The Morgan fingerprint density at radius 2 is 1.86 bits per heavy atom. The van der Waals surface area contributed by atoms with Gasteiger partial charge < -0.3 is 19.7 Å². The summed E-state index contributed by atoms with van der Waals surface area (Å²) in [5.41, 5.74) is 0.482. The molecule has 0 aliphatic carbocycles. The van der Waals surface area contributed by atoms with E-state index in [1.165, 1.54) is 0 Å². The lowest BCUT2D eigenvalue weighted by molar-refractivity contribution is -0.0667. The first kappa shape index (κ1) is 19.2. The maximum absolute atomic E-state index is 5.47. The number of likely N-dealkylation sites (tertiary alicyclic amines) is 1. The zero-order valence-electron chi connectivity index (χ0n) is 15.4. The first-order valence-electron chi connectivity index (χ1n) is 8.49. The van der Waals surface area contributed by atoms with Crippen molar-refractivity contribution in [3.63, 3.8) is 0 Å². The molecule has 1 rings (SSSR count). The van der Waals surface area contributed by atoms with Gasteiger partial charge in [-0.05, 0) is 33.6 Å². The molecular formula is C17H35N3O2. The molecule has 5 heteroatoms. The van der Waals surface area contributed by atoms with Crippen molar-refractivity contribution in [3.8, 4) is 0 Å². The number of hydrogen-bond acceptors (Lipinski definition) is 3. The summed E-state index contributed by atoms with van der Waals surface area (Å²) in [7, 11) is 1.69. The number of guanidine groups is 1. The first-order chi connectivity index (χ1) is 10.4. The summed E-state index contributed by atoms with van der Waals surface area (Å²) in [6, 6.07) is 0. The summed E-state index contributed by atoms with van der Waals surface area (Å²) >= 11 is 0. The number of methoxy groups -OCH3 is 1. The SMILES string of the molecule is CCNC(=NCCCCOCCOC)N1CC(C)(C)C1(C)C. The van der Waals surface area contributed by atoms with Crippen molar-refractivity contribution in [2.75, 3.05) is 46.6 Å². The normalized spacial score (nSPS) is 19.9. The van der Waals surface area contributed by atoms with Gasteiger partial charge in [-0.15, -0.1) is 0 Å². The fraction of sp³-hybridized carbons (Fsp3) is 0.941. The molecule has 0 bridgehead atoms. The lowest BCUT2D eigenvalue weighted by atomic mass is 9.65. The molecule has 130 valence electrons. The smallest absolute Gasteiger partial charge is 0.194 e. The van der Waals surface area contributed by atoms with Gasteiger partial charge in [-0.1, -0.05) is 13.8 Å². The van der Waals surface area contributed by atoms with E-state index in [9.17, 15) is 0 Å². The van der Waals surface area contributed by atoms with Crippen LogP contribution in [0.3, 0.4) is 0 Å². The average molecular weight is 313 g/mol. The van der Waals surface area contributed by atoms with Gasteiger partial charge in [0, 0.05) is 44.3 Å². The highest BCUT2D eigenvalue weighted by atomic mass is 16.5. The van der Waals surface area contributed by atoms with Crippen molar-refractivity contribution in [1.29, 1.82) is 0 Å². The molecule has 0 spiro atoms. The zero-order valence-corrected chi connectivity index (χ0v) is 15.4. The predicted octanol–water partition coefficient (Wildman–Crippen LogP) is 2.52. The van der Waals surface area contributed by atoms with Gasteiger partial charge in [0.05, 0.1) is 13.2 Å². The van der Waals surface area contributed by atoms with Gasteiger partial charge >= 0.3 is 0 Å². The molecule has 1 saturated heterocycles. The lowest BCUT2D eigenvalue weighted by Crippen LogP contribution is -2.72. The number of unbranched alkanes of at least 4 members (excludes halogenated alkanes) is 1. The number of nitrogens with zero attached hydrogens (tertiary/aromatic N) is 2. The first-order valence-corrected chi connectivity index (χ1v) is 8.49. The Morgan fingerprint density at radius 1 is 1.14 bits per heavy atom. The second kappa shape index (κ2) is 8.73. The van der Waals surface area contributed by atoms with E-state index in [-0.39, 0.29) is 5.54 Å². The number of rotatable bonds is 9. The molecule has 5 nitrogen and oxygen atoms in total. The van der Waals surface area contributed by atoms with Crippen LogP contribution in [0.4, 0.5) is 0 Å². The Morgan fingerprint density at radius 3 is 2.41 bits per heavy atom. The van der Waals surface area contributed by atoms with Gasteiger partial charge in [-0.25, -0.2) is 0 Å². The summed E-state index contributed by atoms with van der Waals surface area (Å²) in [6.07, 6.45) is 2.10. The van der Waals surface area contributed by atoms with Gasteiger partial charge in [0.2, 0.25) is 0 Å². The standard InChI is InChI=1S/C17H35N3O2/c1-7-18-15(20-14-16(2,3)17(20,4)5)19-10-8-9-11-22-13-12-21-6/h7-14H2,1-6H3,(H,18,19). The van der Waals surface area contributed by atoms with Crippen LogP contribution in [-0.4, -0.2) is 63.0 Å². The van der Waals surface area contributed by atoms with Crippen LogP contribution < -0.4 is 5.32 Å². The Hall–Kier alpha value is -0.810. The Kier molecular flexibility index (Phi) is 7.63. The molecule has 22 heavy (non-hydrogen) atoms. The molecule has 0 aromatic carbocycles. The van der Waals surface area contributed by atoms with Crippen molar-refractivity contribution < 1.29 is 9.47 Å². The molecule has 0 atom stereocenters. The number of hydrogen-bond donors (Lipinski definition) is 1. The van der Waals surface area contributed by atoms with E-state index >= 15 is 0 Å². The minimum absolute atomic E-state index is 0.150. The van der Waals surface area contributed by atoms with Crippen molar-refractivity contribution in [1.82, 2.24) is 10.2 Å². The van der Waals surface area contributed by atoms with E-state index in [1.807, 2.05) is 0 Å². The van der Waals surface area contributed by atoms with E-state index in [0.29, 0.717) is 18.6 Å². The molecule has 0 saturated carbocycles. The van der Waals surface area contributed by atoms with Crippen LogP contribution in [0, 0.1) is 5.41 Å². The average Bonchev–Trinajstić information content (AvgIpc) is 2.46. The predicted molar refractivity (Wildman–Crippen MR) is 92.5 cm³/mol. The third-order valence-electron chi connectivity index (χ3n) is 4.87. The number of ether oxygens (including phenoxy) is 2. The molecule has 1 aliphatic heterocycles. The summed E-state index contributed by atoms with van der Waals surface area (Å²) in [5.74, 6) is 1.05. The fourth-order valence-electron chi connectivity index (χ4n) is 2.54. The highest BCUT2D eigenvalue weighted by Gasteiger charge is 2.53. The second-order valence-corrected chi connectivity index (χ2v) is 7.08. The minimum atomic E-state index is 0.150. The third kappa shape index (κ3) is 4.85. The van der Waals surface area contributed by atoms with E-state index in [1.54, 1.807) is 7.11 Å². The van der Waals surface area contributed by atoms with Gasteiger partial charge in [-0.2, -0.15) is 0 Å². The van der Waals surface area contributed by atoms with Gasteiger partial charge in [0.25, 0.3) is 0 Å². The monoisotopic (exact) mass is 313 g/mol. The maximum Gasteiger partial charge on any atom is 0.194 e.